The van der Waals surface area contributed by atoms with E-state index in [1.807, 2.05) is 19.1 Å². The van der Waals surface area contributed by atoms with Crippen LogP contribution in [0.4, 0.5) is 0 Å². The summed E-state index contributed by atoms with van der Waals surface area (Å²) in [5.74, 6) is 1.57. The van der Waals surface area contributed by atoms with E-state index in [0.717, 1.165) is 53.3 Å². The van der Waals surface area contributed by atoms with Gasteiger partial charge in [0, 0.05) is 41.5 Å². The van der Waals surface area contributed by atoms with Crippen molar-refractivity contribution in [1.29, 1.82) is 0 Å². The quantitative estimate of drug-likeness (QED) is 0.695. The number of ether oxygens (including phenoxy) is 2. The Balaban J connectivity index is 1.34. The third-order valence-corrected chi connectivity index (χ3v) is 6.49. The summed E-state index contributed by atoms with van der Waals surface area (Å²) in [5.41, 5.74) is 3.30. The minimum atomic E-state index is -0.108. The van der Waals surface area contributed by atoms with Gasteiger partial charge in [0.15, 0.2) is 0 Å². The number of aromatic nitrogens is 1. The van der Waals surface area contributed by atoms with Crippen LogP contribution in [0.15, 0.2) is 18.2 Å². The lowest BCUT2D eigenvalue weighted by molar-refractivity contribution is -0.116. The van der Waals surface area contributed by atoms with Gasteiger partial charge in [-0.15, -0.1) is 11.3 Å². The highest BCUT2D eigenvalue weighted by molar-refractivity contribution is 7.11. The second kappa shape index (κ2) is 8.99. The van der Waals surface area contributed by atoms with Crippen molar-refractivity contribution in [3.8, 4) is 11.5 Å². The molecule has 6 heteroatoms. The SMILES string of the molecule is CCOc1cc2c(cc1/C=C/C(=O)NCCc1nc3c(s1)CCCC3)OC(C)C2. The molecule has 0 saturated heterocycles. The summed E-state index contributed by atoms with van der Waals surface area (Å²) in [6, 6.07) is 4.00. The molecule has 0 saturated carbocycles. The molecule has 0 fully saturated rings. The van der Waals surface area contributed by atoms with Gasteiger partial charge in [0.25, 0.3) is 0 Å². The average molecular weight is 413 g/mol. The van der Waals surface area contributed by atoms with Crippen LogP contribution in [0.2, 0.25) is 0 Å². The summed E-state index contributed by atoms with van der Waals surface area (Å²) >= 11 is 1.81. The molecular weight excluding hydrogens is 384 g/mol. The van der Waals surface area contributed by atoms with Gasteiger partial charge in [0.2, 0.25) is 5.91 Å². The third kappa shape index (κ3) is 4.81. The fourth-order valence-electron chi connectivity index (χ4n) is 3.90. The number of rotatable bonds is 7. The molecule has 154 valence electrons. The number of aryl methyl sites for hydroxylation is 2. The van der Waals surface area contributed by atoms with Gasteiger partial charge in [0.1, 0.15) is 17.6 Å². The van der Waals surface area contributed by atoms with Crippen LogP contribution in [-0.4, -0.2) is 30.1 Å². The van der Waals surface area contributed by atoms with Gasteiger partial charge < -0.3 is 14.8 Å². The lowest BCUT2D eigenvalue weighted by atomic mass is 10.0. The number of nitrogens with zero attached hydrogens (tertiary/aromatic N) is 1. The topological polar surface area (TPSA) is 60.5 Å². The maximum Gasteiger partial charge on any atom is 0.244 e. The summed E-state index contributed by atoms with van der Waals surface area (Å²) in [6.45, 7) is 5.20. The maximum absolute atomic E-state index is 12.3. The zero-order valence-electron chi connectivity index (χ0n) is 17.1. The van der Waals surface area contributed by atoms with Crippen LogP contribution in [0.1, 0.15) is 53.4 Å². The molecule has 1 aliphatic carbocycles. The Morgan fingerprint density at radius 3 is 3.07 bits per heavy atom. The normalized spacial score (nSPS) is 17.7. The molecular formula is C23H28N2O3S. The van der Waals surface area contributed by atoms with E-state index >= 15 is 0 Å². The number of benzene rings is 1. The van der Waals surface area contributed by atoms with Crippen molar-refractivity contribution < 1.29 is 14.3 Å². The van der Waals surface area contributed by atoms with Gasteiger partial charge in [-0.1, -0.05) is 0 Å². The number of carbonyl (C=O) groups is 1. The first-order valence-electron chi connectivity index (χ1n) is 10.5. The minimum Gasteiger partial charge on any atom is -0.493 e. The minimum absolute atomic E-state index is 0.108. The Bertz CT molecular complexity index is 896. The highest BCUT2D eigenvalue weighted by atomic mass is 32.1. The molecule has 1 amide bonds. The molecule has 1 N–H and O–H groups in total. The van der Waals surface area contributed by atoms with Crippen molar-refractivity contribution in [1.82, 2.24) is 10.3 Å². The fraction of sp³-hybridized carbons (Fsp3) is 0.478. The maximum atomic E-state index is 12.3. The molecule has 5 nitrogen and oxygen atoms in total. The lowest BCUT2D eigenvalue weighted by Crippen LogP contribution is -2.23. The van der Waals surface area contributed by atoms with Crippen LogP contribution < -0.4 is 14.8 Å². The molecule has 0 spiro atoms. The van der Waals surface area contributed by atoms with E-state index in [1.165, 1.54) is 23.4 Å². The zero-order chi connectivity index (χ0) is 20.2. The Hall–Kier alpha value is -2.34. The predicted octanol–water partition coefficient (Wildman–Crippen LogP) is 4.12. The molecule has 4 rings (SSSR count). The molecule has 29 heavy (non-hydrogen) atoms. The Kier molecular flexibility index (Phi) is 6.19. The van der Waals surface area contributed by atoms with Crippen LogP contribution in [-0.2, 0) is 30.5 Å². The summed E-state index contributed by atoms with van der Waals surface area (Å²) in [5, 5.41) is 4.09. The van der Waals surface area contributed by atoms with E-state index in [4.69, 9.17) is 14.5 Å². The van der Waals surface area contributed by atoms with Crippen LogP contribution >= 0.6 is 11.3 Å². The van der Waals surface area contributed by atoms with E-state index in [0.29, 0.717) is 13.2 Å². The first-order valence-corrected chi connectivity index (χ1v) is 11.3. The molecule has 1 aliphatic heterocycles. The first-order chi connectivity index (χ1) is 14.1. The highest BCUT2D eigenvalue weighted by Gasteiger charge is 2.21. The molecule has 0 radical (unpaired) electrons. The van der Waals surface area contributed by atoms with Crippen molar-refractivity contribution >= 4 is 23.3 Å². The van der Waals surface area contributed by atoms with Crippen molar-refractivity contribution in [2.45, 2.75) is 58.5 Å². The zero-order valence-corrected chi connectivity index (χ0v) is 17.9. The summed E-state index contributed by atoms with van der Waals surface area (Å²) < 4.78 is 11.6. The van der Waals surface area contributed by atoms with E-state index in [1.54, 1.807) is 23.5 Å². The average Bonchev–Trinajstić information content (AvgIpc) is 3.27. The van der Waals surface area contributed by atoms with Crippen LogP contribution in [0.25, 0.3) is 6.08 Å². The number of hydrogen-bond acceptors (Lipinski definition) is 5. The molecule has 1 aromatic carbocycles. The Labute approximate surface area is 176 Å². The smallest absolute Gasteiger partial charge is 0.244 e. The van der Waals surface area contributed by atoms with Crippen LogP contribution in [0, 0.1) is 0 Å². The van der Waals surface area contributed by atoms with E-state index in [2.05, 4.69) is 12.2 Å². The fourth-order valence-corrected chi connectivity index (χ4v) is 5.05. The number of nitrogens with one attached hydrogen (secondary N) is 1. The van der Waals surface area contributed by atoms with E-state index in [-0.39, 0.29) is 12.0 Å². The number of hydrogen-bond donors (Lipinski definition) is 1. The van der Waals surface area contributed by atoms with Crippen molar-refractivity contribution in [2.24, 2.45) is 0 Å². The van der Waals surface area contributed by atoms with Gasteiger partial charge in [-0.05, 0) is 57.7 Å². The van der Waals surface area contributed by atoms with Gasteiger partial charge in [-0.2, -0.15) is 0 Å². The third-order valence-electron chi connectivity index (χ3n) is 5.27. The lowest BCUT2D eigenvalue weighted by Gasteiger charge is -2.10. The summed E-state index contributed by atoms with van der Waals surface area (Å²) in [6.07, 6.45) is 10.00. The van der Waals surface area contributed by atoms with Crippen LogP contribution in [0.5, 0.6) is 11.5 Å². The van der Waals surface area contributed by atoms with Crippen molar-refractivity contribution in [2.75, 3.05) is 13.2 Å². The van der Waals surface area contributed by atoms with E-state index in [9.17, 15) is 4.79 Å². The molecule has 1 atom stereocenters. The predicted molar refractivity (Wildman–Crippen MR) is 116 cm³/mol. The number of amides is 1. The van der Waals surface area contributed by atoms with Crippen molar-refractivity contribution in [3.63, 3.8) is 0 Å². The monoisotopic (exact) mass is 412 g/mol. The van der Waals surface area contributed by atoms with E-state index < -0.39 is 0 Å². The molecule has 1 unspecified atom stereocenters. The van der Waals surface area contributed by atoms with Gasteiger partial charge in [-0.25, -0.2) is 4.98 Å². The van der Waals surface area contributed by atoms with Gasteiger partial charge in [-0.3, -0.25) is 4.79 Å². The largest absolute Gasteiger partial charge is 0.493 e. The summed E-state index contributed by atoms with van der Waals surface area (Å²) in [7, 11) is 0. The number of carbonyl (C=O) groups excluding carboxylic acids is 1. The molecule has 2 aliphatic rings. The standard InChI is InChI=1S/C23H28N2O3S/c1-3-27-19-14-17-12-15(2)28-20(17)13-16(19)8-9-22(26)24-11-10-23-25-18-6-4-5-7-21(18)29-23/h8-9,13-15H,3-7,10-12H2,1-2H3,(H,24,26)/b9-8+. The van der Waals surface area contributed by atoms with Crippen molar-refractivity contribution in [3.05, 3.63) is 44.9 Å². The van der Waals surface area contributed by atoms with Gasteiger partial charge in [0.05, 0.1) is 17.3 Å². The molecule has 2 heterocycles. The molecule has 1 aromatic heterocycles. The number of thiazole rings is 1. The second-order valence-corrected chi connectivity index (χ2v) is 8.79. The number of fused-ring (bicyclic) bond motifs is 2. The van der Waals surface area contributed by atoms with Crippen LogP contribution in [0.3, 0.4) is 0 Å². The molecule has 2 aromatic rings. The second-order valence-electron chi connectivity index (χ2n) is 7.62. The molecule has 0 bridgehead atoms. The van der Waals surface area contributed by atoms with Gasteiger partial charge >= 0.3 is 0 Å². The highest BCUT2D eigenvalue weighted by Crippen LogP contribution is 2.35. The summed E-state index contributed by atoms with van der Waals surface area (Å²) in [4.78, 5) is 18.4. The Morgan fingerprint density at radius 1 is 1.38 bits per heavy atom. The Morgan fingerprint density at radius 2 is 2.24 bits per heavy atom. The first kappa shape index (κ1) is 20.0.